The molecule has 0 unspecified atom stereocenters. The molecule has 8 heteroatoms. The average Bonchev–Trinajstić information content (AvgIpc) is 2.50. The van der Waals surface area contributed by atoms with E-state index in [0.717, 1.165) is 11.0 Å². The van der Waals surface area contributed by atoms with Crippen molar-refractivity contribution in [1.82, 2.24) is 0 Å². The second-order valence-electron chi connectivity index (χ2n) is 3.77. The van der Waals surface area contributed by atoms with Gasteiger partial charge in [0.15, 0.2) is 0 Å². The SMILES string of the molecule is COC(=O)COCCOCCOCCOCCOCCI. The Labute approximate surface area is 139 Å². The molecule has 0 aromatic rings. The molecule has 0 aliphatic heterocycles. The van der Waals surface area contributed by atoms with Gasteiger partial charge in [0.2, 0.25) is 0 Å². The Kier molecular flexibility index (Phi) is 18.1. The second-order valence-corrected chi connectivity index (χ2v) is 4.85. The standard InChI is InChI=1S/C13H25IO7/c1-16-13(15)12-21-11-10-20-9-8-19-7-6-18-5-4-17-3-2-14/h2-12H2,1H3. The summed E-state index contributed by atoms with van der Waals surface area (Å²) < 4.78 is 31.6. The maximum absolute atomic E-state index is 10.7. The first-order valence-electron chi connectivity index (χ1n) is 6.82. The summed E-state index contributed by atoms with van der Waals surface area (Å²) in [6.07, 6.45) is 0. The van der Waals surface area contributed by atoms with Gasteiger partial charge >= 0.3 is 5.97 Å². The fourth-order valence-corrected chi connectivity index (χ4v) is 1.46. The number of methoxy groups -OCH3 is 1. The Morgan fingerprint density at radius 2 is 1.10 bits per heavy atom. The summed E-state index contributed by atoms with van der Waals surface area (Å²) in [6.45, 7) is 4.79. The third kappa shape index (κ3) is 18.0. The number of hydrogen-bond donors (Lipinski definition) is 0. The summed E-state index contributed by atoms with van der Waals surface area (Å²) in [4.78, 5) is 10.7. The maximum Gasteiger partial charge on any atom is 0.331 e. The highest BCUT2D eigenvalue weighted by Crippen LogP contribution is 1.85. The van der Waals surface area contributed by atoms with Gasteiger partial charge in [-0.3, -0.25) is 0 Å². The molecule has 21 heavy (non-hydrogen) atoms. The van der Waals surface area contributed by atoms with E-state index < -0.39 is 5.97 Å². The number of ether oxygens (including phenoxy) is 6. The van der Waals surface area contributed by atoms with Gasteiger partial charge in [0, 0.05) is 4.43 Å². The summed E-state index contributed by atoms with van der Waals surface area (Å²) >= 11 is 2.26. The van der Waals surface area contributed by atoms with Crippen LogP contribution in [0.25, 0.3) is 0 Å². The predicted molar refractivity (Wildman–Crippen MR) is 85.0 cm³/mol. The molecule has 0 heterocycles. The number of halogens is 1. The normalized spacial score (nSPS) is 10.8. The van der Waals surface area contributed by atoms with Gasteiger partial charge in [-0.1, -0.05) is 22.6 Å². The van der Waals surface area contributed by atoms with Crippen LogP contribution in [0.2, 0.25) is 0 Å². The van der Waals surface area contributed by atoms with Crippen molar-refractivity contribution >= 4 is 28.6 Å². The van der Waals surface area contributed by atoms with Gasteiger partial charge in [0.25, 0.3) is 0 Å². The molecule has 0 aliphatic carbocycles. The smallest absolute Gasteiger partial charge is 0.331 e. The molecule has 0 bridgehead atoms. The van der Waals surface area contributed by atoms with Crippen molar-refractivity contribution < 1.29 is 33.2 Å². The summed E-state index contributed by atoms with van der Waals surface area (Å²) in [6, 6.07) is 0. The van der Waals surface area contributed by atoms with Crippen molar-refractivity contribution in [2.24, 2.45) is 0 Å². The fourth-order valence-electron chi connectivity index (χ4n) is 1.15. The number of hydrogen-bond acceptors (Lipinski definition) is 7. The first-order chi connectivity index (χ1) is 10.3. The molecule has 0 aromatic carbocycles. The molecule has 0 radical (unpaired) electrons. The molecule has 0 fully saturated rings. The van der Waals surface area contributed by atoms with E-state index in [9.17, 15) is 4.79 Å². The van der Waals surface area contributed by atoms with Crippen molar-refractivity contribution in [3.05, 3.63) is 0 Å². The molecular weight excluding hydrogens is 395 g/mol. The van der Waals surface area contributed by atoms with Crippen LogP contribution in [0.3, 0.4) is 0 Å². The van der Waals surface area contributed by atoms with Crippen LogP contribution < -0.4 is 0 Å². The van der Waals surface area contributed by atoms with Gasteiger partial charge in [-0.2, -0.15) is 0 Å². The van der Waals surface area contributed by atoms with E-state index >= 15 is 0 Å². The minimum atomic E-state index is -0.391. The van der Waals surface area contributed by atoms with Crippen LogP contribution in [0.5, 0.6) is 0 Å². The van der Waals surface area contributed by atoms with E-state index in [2.05, 4.69) is 27.3 Å². The first-order valence-corrected chi connectivity index (χ1v) is 8.35. The number of esters is 1. The molecule has 0 N–H and O–H groups in total. The maximum atomic E-state index is 10.7. The zero-order valence-corrected chi connectivity index (χ0v) is 14.7. The number of rotatable bonds is 16. The first kappa shape index (κ1) is 21.0. The van der Waals surface area contributed by atoms with Crippen molar-refractivity contribution in [2.45, 2.75) is 0 Å². The largest absolute Gasteiger partial charge is 0.467 e. The Hall–Kier alpha value is -0.000000000000000222. The molecule has 0 aromatic heterocycles. The Balaban J connectivity index is 2.98. The molecule has 0 spiro atoms. The third-order valence-electron chi connectivity index (χ3n) is 2.16. The molecule has 0 atom stereocenters. The summed E-state index contributed by atoms with van der Waals surface area (Å²) in [5.74, 6) is -0.391. The summed E-state index contributed by atoms with van der Waals surface area (Å²) in [5.41, 5.74) is 0. The van der Waals surface area contributed by atoms with Crippen LogP contribution in [-0.4, -0.2) is 83.6 Å². The van der Waals surface area contributed by atoms with Gasteiger partial charge in [0.1, 0.15) is 6.61 Å². The van der Waals surface area contributed by atoms with Crippen molar-refractivity contribution in [2.75, 3.05) is 77.6 Å². The molecule has 0 rings (SSSR count). The Morgan fingerprint density at radius 3 is 1.48 bits per heavy atom. The van der Waals surface area contributed by atoms with Crippen LogP contribution in [0.4, 0.5) is 0 Å². The zero-order valence-electron chi connectivity index (χ0n) is 12.5. The molecule has 7 nitrogen and oxygen atoms in total. The highest BCUT2D eigenvalue weighted by atomic mass is 127. The number of carbonyl (C=O) groups is 1. The summed E-state index contributed by atoms with van der Waals surface area (Å²) in [5, 5.41) is 0. The lowest BCUT2D eigenvalue weighted by molar-refractivity contribution is -0.146. The monoisotopic (exact) mass is 420 g/mol. The molecule has 126 valence electrons. The lowest BCUT2D eigenvalue weighted by atomic mass is 10.7. The van der Waals surface area contributed by atoms with E-state index in [1.165, 1.54) is 7.11 Å². The van der Waals surface area contributed by atoms with Crippen LogP contribution in [0.1, 0.15) is 0 Å². The highest BCUT2D eigenvalue weighted by Gasteiger charge is 1.98. The van der Waals surface area contributed by atoms with Crippen molar-refractivity contribution in [3.8, 4) is 0 Å². The van der Waals surface area contributed by atoms with Crippen LogP contribution in [0.15, 0.2) is 0 Å². The topological polar surface area (TPSA) is 72.5 Å². The minimum absolute atomic E-state index is 0.0464. The molecule has 0 aliphatic rings. The lowest BCUT2D eigenvalue weighted by Crippen LogP contribution is -2.15. The van der Waals surface area contributed by atoms with E-state index in [4.69, 9.17) is 23.7 Å². The lowest BCUT2D eigenvalue weighted by Gasteiger charge is -2.07. The Morgan fingerprint density at radius 1 is 0.714 bits per heavy atom. The van der Waals surface area contributed by atoms with Gasteiger partial charge in [-0.25, -0.2) is 4.79 Å². The van der Waals surface area contributed by atoms with Crippen LogP contribution in [-0.2, 0) is 33.2 Å². The Bertz CT molecular complexity index is 229. The van der Waals surface area contributed by atoms with E-state index in [-0.39, 0.29) is 6.61 Å². The van der Waals surface area contributed by atoms with Gasteiger partial charge in [-0.15, -0.1) is 0 Å². The molecule has 0 saturated carbocycles. The minimum Gasteiger partial charge on any atom is -0.467 e. The quantitative estimate of drug-likeness (QED) is 0.157. The van der Waals surface area contributed by atoms with Gasteiger partial charge < -0.3 is 28.4 Å². The molecule has 0 amide bonds. The van der Waals surface area contributed by atoms with Crippen LogP contribution in [0, 0.1) is 0 Å². The van der Waals surface area contributed by atoms with E-state index in [1.54, 1.807) is 0 Å². The van der Waals surface area contributed by atoms with E-state index in [0.29, 0.717) is 52.9 Å². The number of alkyl halides is 1. The molecular formula is C13H25IO7. The molecule has 0 saturated heterocycles. The fraction of sp³-hybridized carbons (Fsp3) is 0.923. The van der Waals surface area contributed by atoms with Crippen LogP contribution >= 0.6 is 22.6 Å². The van der Waals surface area contributed by atoms with Gasteiger partial charge in [-0.05, 0) is 0 Å². The second kappa shape index (κ2) is 18.1. The van der Waals surface area contributed by atoms with Gasteiger partial charge in [0.05, 0.1) is 66.6 Å². The third-order valence-corrected chi connectivity index (χ3v) is 2.60. The average molecular weight is 420 g/mol. The van der Waals surface area contributed by atoms with Crippen molar-refractivity contribution in [3.63, 3.8) is 0 Å². The van der Waals surface area contributed by atoms with E-state index in [1.807, 2.05) is 0 Å². The summed E-state index contributed by atoms with van der Waals surface area (Å²) in [7, 11) is 1.32. The number of carbonyl (C=O) groups excluding carboxylic acids is 1. The highest BCUT2D eigenvalue weighted by molar-refractivity contribution is 14.1. The zero-order chi connectivity index (χ0) is 15.6. The van der Waals surface area contributed by atoms with Crippen molar-refractivity contribution in [1.29, 1.82) is 0 Å². The predicted octanol–water partition coefficient (Wildman–Crippen LogP) is 0.677.